The molecule has 1 fully saturated rings. The van der Waals surface area contributed by atoms with Gasteiger partial charge in [-0.05, 0) is 0 Å². The summed E-state index contributed by atoms with van der Waals surface area (Å²) in [6, 6.07) is -0.820. The van der Waals surface area contributed by atoms with Crippen LogP contribution in [0.4, 0.5) is 0 Å². The van der Waals surface area contributed by atoms with Crippen molar-refractivity contribution in [2.75, 3.05) is 13.2 Å². The Kier molecular flexibility index (Phi) is 3.63. The molecule has 0 saturated carbocycles. The van der Waals surface area contributed by atoms with E-state index >= 15 is 0 Å². The Labute approximate surface area is 77.0 Å². The molecule has 1 saturated heterocycles. The molecule has 13 heavy (non-hydrogen) atoms. The number of piperidine rings is 1. The number of hydrogen-bond donors (Lipinski definition) is 5. The molecule has 0 aliphatic carbocycles. The predicted octanol–water partition coefficient (Wildman–Crippen LogP) is -2.33. The molecule has 0 bridgehead atoms. The van der Waals surface area contributed by atoms with E-state index in [9.17, 15) is 10.2 Å². The number of nitrogens with one attached hydrogen (secondary N) is 1. The van der Waals surface area contributed by atoms with Crippen LogP contribution in [0.1, 0.15) is 6.92 Å². The minimum atomic E-state index is -0.970. The van der Waals surface area contributed by atoms with Gasteiger partial charge in [-0.2, -0.15) is 0 Å². The Hall–Kier alpha value is -0.200. The molecule has 0 aromatic heterocycles. The zero-order chi connectivity index (χ0) is 10.0. The van der Waals surface area contributed by atoms with Crippen molar-refractivity contribution in [2.24, 2.45) is 5.92 Å². The van der Waals surface area contributed by atoms with Crippen molar-refractivity contribution in [1.82, 2.24) is 5.32 Å². The monoisotopic (exact) mass is 191 g/mol. The van der Waals surface area contributed by atoms with Crippen LogP contribution in [-0.2, 0) is 0 Å². The maximum Gasteiger partial charge on any atom is 0.0977 e. The third-order valence-corrected chi connectivity index (χ3v) is 2.76. The average Bonchev–Trinajstić information content (AvgIpc) is 2.15. The minimum Gasteiger partial charge on any atom is -0.395 e. The predicted molar refractivity (Wildman–Crippen MR) is 46.1 cm³/mol. The van der Waals surface area contributed by atoms with Gasteiger partial charge in [0, 0.05) is 12.0 Å². The Morgan fingerprint density at radius 1 is 1.00 bits per heavy atom. The minimum absolute atomic E-state index is 0.110. The SMILES string of the molecule is CC1C(CO)NC(CO)C(O)C1O. The Balaban J connectivity index is 2.66. The summed E-state index contributed by atoms with van der Waals surface area (Å²) in [5.74, 6) is -0.220. The highest BCUT2D eigenvalue weighted by Gasteiger charge is 2.39. The molecule has 0 spiro atoms. The third kappa shape index (κ3) is 2.00. The van der Waals surface area contributed by atoms with Gasteiger partial charge in [0.25, 0.3) is 0 Å². The van der Waals surface area contributed by atoms with Crippen LogP contribution in [0.15, 0.2) is 0 Å². The van der Waals surface area contributed by atoms with Gasteiger partial charge in [-0.1, -0.05) is 6.92 Å². The normalized spacial score (nSPS) is 46.4. The molecular formula is C8H17NO4. The molecule has 0 amide bonds. The smallest absolute Gasteiger partial charge is 0.0977 e. The van der Waals surface area contributed by atoms with E-state index in [-0.39, 0.29) is 25.2 Å². The van der Waals surface area contributed by atoms with E-state index in [1.807, 2.05) is 0 Å². The summed E-state index contributed by atoms with van der Waals surface area (Å²) in [7, 11) is 0. The lowest BCUT2D eigenvalue weighted by Gasteiger charge is -2.41. The molecule has 5 atom stereocenters. The highest BCUT2D eigenvalue weighted by atomic mass is 16.3. The van der Waals surface area contributed by atoms with Crippen LogP contribution in [0.25, 0.3) is 0 Å². The van der Waals surface area contributed by atoms with Crippen LogP contribution < -0.4 is 5.32 Å². The van der Waals surface area contributed by atoms with Crippen LogP contribution in [0.3, 0.4) is 0 Å². The zero-order valence-corrected chi connectivity index (χ0v) is 7.59. The summed E-state index contributed by atoms with van der Waals surface area (Å²) in [6.07, 6.45) is -1.86. The lowest BCUT2D eigenvalue weighted by Crippen LogP contribution is -2.63. The fraction of sp³-hybridized carbons (Fsp3) is 1.00. The molecule has 0 aromatic carbocycles. The summed E-state index contributed by atoms with van der Waals surface area (Å²) in [5, 5.41) is 39.7. The van der Waals surface area contributed by atoms with Gasteiger partial charge >= 0.3 is 0 Å². The van der Waals surface area contributed by atoms with Gasteiger partial charge in [0.1, 0.15) is 0 Å². The molecule has 0 radical (unpaired) electrons. The fourth-order valence-corrected chi connectivity index (χ4v) is 1.69. The standard InChI is InChI=1S/C8H17NO4/c1-4-5(2-10)9-6(3-11)8(13)7(4)12/h4-13H,2-3H2,1H3. The maximum absolute atomic E-state index is 9.54. The van der Waals surface area contributed by atoms with Crippen molar-refractivity contribution < 1.29 is 20.4 Å². The van der Waals surface area contributed by atoms with Crippen LogP contribution in [0, 0.1) is 5.92 Å². The number of hydrogen-bond acceptors (Lipinski definition) is 5. The highest BCUT2D eigenvalue weighted by molar-refractivity contribution is 4.95. The molecule has 1 aliphatic heterocycles. The van der Waals surface area contributed by atoms with Gasteiger partial charge < -0.3 is 25.7 Å². The van der Waals surface area contributed by atoms with E-state index in [0.29, 0.717) is 0 Å². The van der Waals surface area contributed by atoms with Gasteiger partial charge in [0.2, 0.25) is 0 Å². The quantitative estimate of drug-likeness (QED) is 0.337. The fourth-order valence-electron chi connectivity index (χ4n) is 1.69. The summed E-state index contributed by atoms with van der Waals surface area (Å²) in [5.41, 5.74) is 0. The van der Waals surface area contributed by atoms with Crippen LogP contribution in [-0.4, -0.2) is 57.9 Å². The lowest BCUT2D eigenvalue weighted by molar-refractivity contribution is -0.0861. The Morgan fingerprint density at radius 3 is 2.00 bits per heavy atom. The van der Waals surface area contributed by atoms with Crippen molar-refractivity contribution in [2.45, 2.75) is 31.2 Å². The third-order valence-electron chi connectivity index (χ3n) is 2.76. The second-order valence-electron chi connectivity index (χ2n) is 3.59. The molecular weight excluding hydrogens is 174 g/mol. The first-order valence-electron chi connectivity index (χ1n) is 4.45. The molecule has 1 heterocycles. The second kappa shape index (κ2) is 4.34. The van der Waals surface area contributed by atoms with E-state index < -0.39 is 18.2 Å². The van der Waals surface area contributed by atoms with Crippen molar-refractivity contribution in [3.8, 4) is 0 Å². The van der Waals surface area contributed by atoms with Crippen molar-refractivity contribution in [1.29, 1.82) is 0 Å². The van der Waals surface area contributed by atoms with Gasteiger partial charge in [-0.3, -0.25) is 0 Å². The first-order chi connectivity index (χ1) is 6.11. The first-order valence-corrected chi connectivity index (χ1v) is 4.45. The van der Waals surface area contributed by atoms with Gasteiger partial charge in [-0.25, -0.2) is 0 Å². The average molecular weight is 191 g/mol. The molecule has 0 aromatic rings. The second-order valence-corrected chi connectivity index (χ2v) is 3.59. The van der Waals surface area contributed by atoms with Gasteiger partial charge in [-0.15, -0.1) is 0 Å². The molecule has 5 N–H and O–H groups in total. The maximum atomic E-state index is 9.54. The van der Waals surface area contributed by atoms with E-state index in [1.165, 1.54) is 0 Å². The van der Waals surface area contributed by atoms with E-state index in [2.05, 4.69) is 5.32 Å². The van der Waals surface area contributed by atoms with Crippen LogP contribution in [0.5, 0.6) is 0 Å². The molecule has 5 heteroatoms. The van der Waals surface area contributed by atoms with Gasteiger partial charge in [0.05, 0.1) is 31.5 Å². The molecule has 5 unspecified atom stereocenters. The topological polar surface area (TPSA) is 93.0 Å². The number of aliphatic hydroxyl groups is 4. The zero-order valence-electron chi connectivity index (χ0n) is 7.59. The van der Waals surface area contributed by atoms with Crippen LogP contribution >= 0.6 is 0 Å². The van der Waals surface area contributed by atoms with E-state index in [4.69, 9.17) is 10.2 Å². The summed E-state index contributed by atoms with van der Waals surface area (Å²) in [6.45, 7) is 1.39. The van der Waals surface area contributed by atoms with Gasteiger partial charge in [0.15, 0.2) is 0 Å². The van der Waals surface area contributed by atoms with Crippen molar-refractivity contribution >= 4 is 0 Å². The molecule has 5 nitrogen and oxygen atoms in total. The first kappa shape index (κ1) is 10.9. The summed E-state index contributed by atoms with van der Waals surface area (Å²) in [4.78, 5) is 0. The summed E-state index contributed by atoms with van der Waals surface area (Å²) < 4.78 is 0. The number of aliphatic hydroxyl groups excluding tert-OH is 4. The summed E-state index contributed by atoms with van der Waals surface area (Å²) >= 11 is 0. The van der Waals surface area contributed by atoms with Crippen molar-refractivity contribution in [3.05, 3.63) is 0 Å². The largest absolute Gasteiger partial charge is 0.395 e. The lowest BCUT2D eigenvalue weighted by atomic mass is 9.84. The Bertz CT molecular complexity index is 146. The van der Waals surface area contributed by atoms with Crippen LogP contribution in [0.2, 0.25) is 0 Å². The number of rotatable bonds is 2. The Morgan fingerprint density at radius 2 is 1.54 bits per heavy atom. The van der Waals surface area contributed by atoms with Crippen molar-refractivity contribution in [3.63, 3.8) is 0 Å². The molecule has 78 valence electrons. The molecule has 1 aliphatic rings. The molecule has 1 rings (SSSR count). The van der Waals surface area contributed by atoms with E-state index in [1.54, 1.807) is 6.92 Å². The highest BCUT2D eigenvalue weighted by Crippen LogP contribution is 2.20. The van der Waals surface area contributed by atoms with E-state index in [0.717, 1.165) is 0 Å².